The molecule has 8 heteroatoms. The number of likely N-dealkylation sites (tertiary alicyclic amines) is 1. The molecule has 29 heavy (non-hydrogen) atoms. The fourth-order valence-corrected chi connectivity index (χ4v) is 2.94. The van der Waals surface area contributed by atoms with E-state index in [2.05, 4.69) is 10.6 Å². The number of hydrogen-bond donors (Lipinski definition) is 2. The molecule has 1 fully saturated rings. The zero-order chi connectivity index (χ0) is 21.3. The van der Waals surface area contributed by atoms with Crippen LogP contribution in [0, 0.1) is 0 Å². The number of piperidine rings is 1. The minimum Gasteiger partial charge on any atom is -0.445 e. The van der Waals surface area contributed by atoms with Crippen LogP contribution in [-0.4, -0.2) is 54.3 Å². The van der Waals surface area contributed by atoms with Gasteiger partial charge >= 0.3 is 12.2 Å². The van der Waals surface area contributed by atoms with Crippen molar-refractivity contribution < 1.29 is 23.9 Å². The predicted molar refractivity (Wildman–Crippen MR) is 108 cm³/mol. The van der Waals surface area contributed by atoms with E-state index in [0.717, 1.165) is 24.8 Å². The number of alkyl carbamates (subject to hydrolysis) is 2. The monoisotopic (exact) mass is 405 g/mol. The third-order valence-electron chi connectivity index (χ3n) is 4.32. The molecular weight excluding hydrogens is 374 g/mol. The largest absolute Gasteiger partial charge is 0.445 e. The molecule has 0 spiro atoms. The van der Waals surface area contributed by atoms with E-state index in [9.17, 15) is 14.4 Å². The Bertz CT molecular complexity index is 681. The SMILES string of the molecule is CC(C)(C)OC(=O)NCC(NC(=O)OCc1ccccc1)C(=O)N1CCCCC1. The molecule has 3 amide bonds. The topological polar surface area (TPSA) is 97.0 Å². The van der Waals surface area contributed by atoms with Gasteiger partial charge in [-0.2, -0.15) is 0 Å². The van der Waals surface area contributed by atoms with Crippen molar-refractivity contribution in [1.82, 2.24) is 15.5 Å². The number of nitrogens with zero attached hydrogens (tertiary/aromatic N) is 1. The van der Waals surface area contributed by atoms with Gasteiger partial charge in [0.1, 0.15) is 18.2 Å². The number of carbonyl (C=O) groups is 3. The van der Waals surface area contributed by atoms with Gasteiger partial charge < -0.3 is 25.0 Å². The molecule has 0 aliphatic carbocycles. The lowest BCUT2D eigenvalue weighted by Crippen LogP contribution is -2.55. The third kappa shape index (κ3) is 8.41. The summed E-state index contributed by atoms with van der Waals surface area (Å²) in [4.78, 5) is 38.8. The van der Waals surface area contributed by atoms with Gasteiger partial charge in [-0.05, 0) is 45.6 Å². The summed E-state index contributed by atoms with van der Waals surface area (Å²) >= 11 is 0. The quantitative estimate of drug-likeness (QED) is 0.759. The molecule has 1 aliphatic rings. The second-order valence-corrected chi connectivity index (χ2v) is 8.03. The average molecular weight is 405 g/mol. The average Bonchev–Trinajstić information content (AvgIpc) is 2.69. The van der Waals surface area contributed by atoms with Crippen molar-refractivity contribution in [2.75, 3.05) is 19.6 Å². The van der Waals surface area contributed by atoms with Crippen LogP contribution in [0.25, 0.3) is 0 Å². The van der Waals surface area contributed by atoms with Crippen LogP contribution >= 0.6 is 0 Å². The number of carbonyl (C=O) groups excluding carboxylic acids is 3. The van der Waals surface area contributed by atoms with Gasteiger partial charge in [0.25, 0.3) is 0 Å². The number of benzene rings is 1. The van der Waals surface area contributed by atoms with Crippen LogP contribution in [-0.2, 0) is 20.9 Å². The van der Waals surface area contributed by atoms with Gasteiger partial charge in [-0.1, -0.05) is 30.3 Å². The second-order valence-electron chi connectivity index (χ2n) is 8.03. The highest BCUT2D eigenvalue weighted by Gasteiger charge is 2.28. The first-order valence-electron chi connectivity index (χ1n) is 9.97. The summed E-state index contributed by atoms with van der Waals surface area (Å²) in [7, 11) is 0. The predicted octanol–water partition coefficient (Wildman–Crippen LogP) is 2.82. The van der Waals surface area contributed by atoms with Crippen molar-refractivity contribution in [1.29, 1.82) is 0 Å². The van der Waals surface area contributed by atoms with Crippen LogP contribution in [0.3, 0.4) is 0 Å². The first-order valence-corrected chi connectivity index (χ1v) is 9.97. The molecule has 1 aromatic carbocycles. The fourth-order valence-electron chi connectivity index (χ4n) is 2.94. The molecule has 0 aromatic heterocycles. The molecule has 2 N–H and O–H groups in total. The molecule has 0 bridgehead atoms. The highest BCUT2D eigenvalue weighted by molar-refractivity contribution is 5.86. The maximum atomic E-state index is 12.9. The number of hydrogen-bond acceptors (Lipinski definition) is 5. The van der Waals surface area contributed by atoms with E-state index in [-0.39, 0.29) is 19.1 Å². The second kappa shape index (κ2) is 10.7. The molecule has 1 aliphatic heterocycles. The van der Waals surface area contributed by atoms with E-state index in [4.69, 9.17) is 9.47 Å². The van der Waals surface area contributed by atoms with Crippen molar-refractivity contribution in [3.8, 4) is 0 Å². The Kier molecular flexibility index (Phi) is 8.30. The lowest BCUT2D eigenvalue weighted by molar-refractivity contribution is -0.134. The Morgan fingerprint density at radius 3 is 2.31 bits per heavy atom. The number of ether oxygens (including phenoxy) is 2. The van der Waals surface area contributed by atoms with Gasteiger partial charge in [0.05, 0.1) is 6.54 Å². The van der Waals surface area contributed by atoms with Crippen LogP contribution < -0.4 is 10.6 Å². The van der Waals surface area contributed by atoms with E-state index >= 15 is 0 Å². The summed E-state index contributed by atoms with van der Waals surface area (Å²) in [5.41, 5.74) is 0.187. The standard InChI is InChI=1S/C21H31N3O5/c1-21(2,3)29-19(26)22-14-17(18(25)24-12-8-5-9-13-24)23-20(27)28-15-16-10-6-4-7-11-16/h4,6-7,10-11,17H,5,8-9,12-15H2,1-3H3,(H,22,26)(H,23,27). The molecule has 1 saturated heterocycles. The molecule has 1 unspecified atom stereocenters. The van der Waals surface area contributed by atoms with Crippen LogP contribution in [0.15, 0.2) is 30.3 Å². The van der Waals surface area contributed by atoms with E-state index in [1.807, 2.05) is 30.3 Å². The van der Waals surface area contributed by atoms with Crippen LogP contribution in [0.1, 0.15) is 45.6 Å². The third-order valence-corrected chi connectivity index (χ3v) is 4.32. The Labute approximate surface area is 171 Å². The van der Waals surface area contributed by atoms with Crippen molar-refractivity contribution in [3.63, 3.8) is 0 Å². The Morgan fingerprint density at radius 1 is 1.03 bits per heavy atom. The Morgan fingerprint density at radius 2 is 1.69 bits per heavy atom. The smallest absolute Gasteiger partial charge is 0.408 e. The summed E-state index contributed by atoms with van der Waals surface area (Å²) < 4.78 is 10.4. The van der Waals surface area contributed by atoms with Gasteiger partial charge in [-0.3, -0.25) is 4.79 Å². The van der Waals surface area contributed by atoms with Gasteiger partial charge in [-0.15, -0.1) is 0 Å². The summed E-state index contributed by atoms with van der Waals surface area (Å²) in [5, 5.41) is 5.14. The van der Waals surface area contributed by atoms with E-state index in [0.29, 0.717) is 13.1 Å². The zero-order valence-electron chi connectivity index (χ0n) is 17.4. The van der Waals surface area contributed by atoms with Crippen LogP contribution in [0.4, 0.5) is 9.59 Å². The van der Waals surface area contributed by atoms with Gasteiger partial charge in [0.2, 0.25) is 5.91 Å². The van der Waals surface area contributed by atoms with Gasteiger partial charge in [0, 0.05) is 13.1 Å². The molecule has 0 radical (unpaired) electrons. The highest BCUT2D eigenvalue weighted by Crippen LogP contribution is 2.11. The van der Waals surface area contributed by atoms with E-state index in [1.54, 1.807) is 25.7 Å². The van der Waals surface area contributed by atoms with Crippen LogP contribution in [0.5, 0.6) is 0 Å². The summed E-state index contributed by atoms with van der Waals surface area (Å²) in [6, 6.07) is 8.33. The van der Waals surface area contributed by atoms with E-state index in [1.165, 1.54) is 0 Å². The molecule has 8 nitrogen and oxygen atoms in total. The minimum atomic E-state index is -0.927. The molecular formula is C21H31N3O5. The lowest BCUT2D eigenvalue weighted by atomic mass is 10.1. The molecule has 0 saturated carbocycles. The maximum absolute atomic E-state index is 12.9. The molecule has 160 valence electrons. The molecule has 1 aromatic rings. The zero-order valence-corrected chi connectivity index (χ0v) is 17.4. The number of nitrogens with one attached hydrogen (secondary N) is 2. The minimum absolute atomic E-state index is 0.0787. The number of rotatable bonds is 6. The normalized spacial score (nSPS) is 15.2. The van der Waals surface area contributed by atoms with Crippen LogP contribution in [0.2, 0.25) is 0 Å². The summed E-state index contributed by atoms with van der Waals surface area (Å²) in [6.07, 6.45) is 1.58. The van der Waals surface area contributed by atoms with Crippen molar-refractivity contribution in [2.24, 2.45) is 0 Å². The molecule has 1 atom stereocenters. The van der Waals surface area contributed by atoms with Crippen molar-refractivity contribution in [2.45, 2.75) is 58.3 Å². The number of amides is 3. The maximum Gasteiger partial charge on any atom is 0.408 e. The lowest BCUT2D eigenvalue weighted by Gasteiger charge is -2.30. The van der Waals surface area contributed by atoms with E-state index < -0.39 is 23.8 Å². The first-order chi connectivity index (χ1) is 13.7. The Hall–Kier alpha value is -2.77. The van der Waals surface area contributed by atoms with Gasteiger partial charge in [-0.25, -0.2) is 9.59 Å². The summed E-state index contributed by atoms with van der Waals surface area (Å²) in [5.74, 6) is -0.239. The summed E-state index contributed by atoms with van der Waals surface area (Å²) in [6.45, 7) is 6.55. The molecule has 2 rings (SSSR count). The Balaban J connectivity index is 1.94. The van der Waals surface area contributed by atoms with Gasteiger partial charge in [0.15, 0.2) is 0 Å². The van der Waals surface area contributed by atoms with Crippen molar-refractivity contribution >= 4 is 18.1 Å². The van der Waals surface area contributed by atoms with Crippen molar-refractivity contribution in [3.05, 3.63) is 35.9 Å². The highest BCUT2D eigenvalue weighted by atomic mass is 16.6. The first kappa shape index (κ1) is 22.5. The fraction of sp³-hybridized carbons (Fsp3) is 0.571. The molecule has 1 heterocycles.